The molecule has 1 spiro atoms. The van der Waals surface area contributed by atoms with Crippen LogP contribution < -0.4 is 15.4 Å². The molecule has 2 heterocycles. The smallest absolute Gasteiger partial charge is 0.224 e. The van der Waals surface area contributed by atoms with E-state index < -0.39 is 0 Å². The first kappa shape index (κ1) is 18.3. The normalized spacial score (nSPS) is 41.1. The van der Waals surface area contributed by atoms with Gasteiger partial charge >= 0.3 is 0 Å². The number of hydrogen-bond acceptors (Lipinski definition) is 5. The van der Waals surface area contributed by atoms with Crippen LogP contribution in [0.4, 0.5) is 5.69 Å². The van der Waals surface area contributed by atoms with Crippen LogP contribution in [-0.4, -0.2) is 42.9 Å². The Labute approximate surface area is 166 Å². The number of aromatic hydroxyl groups is 1. The lowest BCUT2D eigenvalue weighted by Gasteiger charge is -2.59. The maximum atomic E-state index is 12.9. The van der Waals surface area contributed by atoms with Crippen LogP contribution in [0.15, 0.2) is 12.1 Å². The van der Waals surface area contributed by atoms with Crippen LogP contribution in [0.25, 0.3) is 0 Å². The summed E-state index contributed by atoms with van der Waals surface area (Å²) < 4.78 is 11.6. The third-order valence-electron chi connectivity index (χ3n) is 8.20. The third-order valence-corrected chi connectivity index (χ3v) is 8.20. The van der Waals surface area contributed by atoms with E-state index in [0.717, 1.165) is 31.2 Å². The van der Waals surface area contributed by atoms with Crippen molar-refractivity contribution in [1.29, 1.82) is 0 Å². The number of methoxy groups -OCH3 is 1. The molecule has 3 saturated carbocycles. The van der Waals surface area contributed by atoms with Crippen LogP contribution in [0, 0.1) is 17.8 Å². The largest absolute Gasteiger partial charge is 0.503 e. The van der Waals surface area contributed by atoms with Gasteiger partial charge in [0.1, 0.15) is 0 Å². The Morgan fingerprint density at radius 3 is 2.86 bits per heavy atom. The summed E-state index contributed by atoms with van der Waals surface area (Å²) in [6, 6.07) is 3.73. The molecule has 0 radical (unpaired) electrons. The number of hydrogen-bond donors (Lipinski definition) is 2. The number of nitrogens with two attached hydrogens (primary N) is 1. The van der Waals surface area contributed by atoms with Gasteiger partial charge in [0, 0.05) is 24.3 Å². The lowest BCUT2D eigenvalue weighted by Crippen LogP contribution is -2.68. The molecule has 5 aliphatic rings. The van der Waals surface area contributed by atoms with E-state index in [2.05, 4.69) is 6.92 Å². The van der Waals surface area contributed by atoms with Crippen LogP contribution in [0.3, 0.4) is 0 Å². The van der Waals surface area contributed by atoms with Crippen molar-refractivity contribution in [2.75, 3.05) is 18.6 Å². The fraction of sp³-hybridized carbons (Fsp3) is 0.682. The molecule has 1 aromatic rings. The molecule has 4 bridgehead atoms. The lowest BCUT2D eigenvalue weighted by molar-refractivity contribution is -0.134. The Balaban J connectivity index is 1.76. The highest BCUT2D eigenvalue weighted by Gasteiger charge is 2.65. The molecule has 3 N–H and O–H groups in total. The van der Waals surface area contributed by atoms with Crippen LogP contribution in [-0.2, 0) is 14.9 Å². The summed E-state index contributed by atoms with van der Waals surface area (Å²) in [5, 5.41) is 11.0. The molecule has 152 valence electrons. The van der Waals surface area contributed by atoms with Crippen molar-refractivity contribution < 1.29 is 19.4 Å². The number of amides is 1. The second kappa shape index (κ2) is 6.10. The predicted molar refractivity (Wildman–Crippen MR) is 106 cm³/mol. The molecule has 2 aliphatic heterocycles. The van der Waals surface area contributed by atoms with Gasteiger partial charge < -0.3 is 25.2 Å². The molecule has 3 aliphatic carbocycles. The number of phenolic OH excluding ortho intramolecular Hbond substituents is 1. The molecular weight excluding hydrogens is 356 g/mol. The standard InChI is InChI=1S/C22H30N2O4/c1-11-13-5-4-8-22-16-6-7-17(27-3)20(26)19(16)24(12(2)25)21(22)15(10-28-11)14(13)9-18(22)23/h6-7,11,13-15,18,21,26H,4-5,8-10,23H2,1-3H3. The zero-order chi connectivity index (χ0) is 19.8. The summed E-state index contributed by atoms with van der Waals surface area (Å²) >= 11 is 0. The van der Waals surface area contributed by atoms with E-state index in [1.54, 1.807) is 6.92 Å². The first-order valence-corrected chi connectivity index (χ1v) is 10.5. The molecule has 28 heavy (non-hydrogen) atoms. The molecule has 6 nitrogen and oxygen atoms in total. The molecule has 6 heteroatoms. The van der Waals surface area contributed by atoms with Crippen molar-refractivity contribution in [1.82, 2.24) is 0 Å². The Morgan fingerprint density at radius 1 is 1.36 bits per heavy atom. The number of benzene rings is 1. The number of ether oxygens (including phenoxy) is 2. The fourth-order valence-corrected chi connectivity index (χ4v) is 7.12. The maximum absolute atomic E-state index is 12.9. The van der Waals surface area contributed by atoms with Crippen molar-refractivity contribution >= 4 is 11.6 Å². The van der Waals surface area contributed by atoms with E-state index in [-0.39, 0.29) is 41.2 Å². The Bertz CT molecular complexity index is 827. The van der Waals surface area contributed by atoms with Crippen molar-refractivity contribution in [3.63, 3.8) is 0 Å². The Kier molecular flexibility index (Phi) is 3.98. The molecule has 7 atom stereocenters. The minimum atomic E-state index is -0.333. The molecule has 1 aromatic carbocycles. The predicted octanol–water partition coefficient (Wildman–Crippen LogP) is 2.56. The molecule has 1 amide bonds. The number of fused-ring (bicyclic) bond motifs is 4. The van der Waals surface area contributed by atoms with Gasteiger partial charge in [0.05, 0.1) is 31.5 Å². The van der Waals surface area contributed by atoms with Gasteiger partial charge in [-0.05, 0) is 49.7 Å². The number of carbonyl (C=O) groups excluding carboxylic acids is 1. The number of phenols is 1. The average Bonchev–Trinajstić information content (AvgIpc) is 2.96. The monoisotopic (exact) mass is 386 g/mol. The minimum absolute atomic E-state index is 0.0391. The van der Waals surface area contributed by atoms with Crippen LogP contribution in [0.2, 0.25) is 0 Å². The summed E-state index contributed by atoms with van der Waals surface area (Å²) in [4.78, 5) is 14.7. The van der Waals surface area contributed by atoms with E-state index >= 15 is 0 Å². The molecule has 0 aromatic heterocycles. The van der Waals surface area contributed by atoms with Gasteiger partial charge in [-0.2, -0.15) is 0 Å². The van der Waals surface area contributed by atoms with Crippen LogP contribution in [0.5, 0.6) is 11.5 Å². The zero-order valence-electron chi connectivity index (χ0n) is 16.9. The highest BCUT2D eigenvalue weighted by molar-refractivity contribution is 5.98. The van der Waals surface area contributed by atoms with Gasteiger partial charge in [-0.25, -0.2) is 0 Å². The number of anilines is 1. The highest BCUT2D eigenvalue weighted by Crippen LogP contribution is 2.63. The maximum Gasteiger partial charge on any atom is 0.224 e. The van der Waals surface area contributed by atoms with Gasteiger partial charge in [0.25, 0.3) is 0 Å². The van der Waals surface area contributed by atoms with E-state index in [9.17, 15) is 9.90 Å². The second-order valence-corrected chi connectivity index (χ2v) is 9.15. The summed E-state index contributed by atoms with van der Waals surface area (Å²) in [7, 11) is 1.54. The summed E-state index contributed by atoms with van der Waals surface area (Å²) in [5.41, 5.74) is 8.20. The Hall–Kier alpha value is -1.79. The van der Waals surface area contributed by atoms with E-state index in [0.29, 0.717) is 29.9 Å². The summed E-state index contributed by atoms with van der Waals surface area (Å²) in [6.07, 6.45) is 4.33. The summed E-state index contributed by atoms with van der Waals surface area (Å²) in [6.45, 7) is 4.42. The molecule has 7 unspecified atom stereocenters. The highest BCUT2D eigenvalue weighted by atomic mass is 16.5. The van der Waals surface area contributed by atoms with Crippen molar-refractivity contribution in [3.8, 4) is 11.5 Å². The van der Waals surface area contributed by atoms with Gasteiger partial charge in [0.2, 0.25) is 5.91 Å². The molecular formula is C22H30N2O4. The van der Waals surface area contributed by atoms with E-state index in [1.807, 2.05) is 17.0 Å². The fourth-order valence-electron chi connectivity index (χ4n) is 7.12. The number of carbonyl (C=O) groups is 1. The van der Waals surface area contributed by atoms with Gasteiger partial charge in [-0.15, -0.1) is 0 Å². The van der Waals surface area contributed by atoms with Gasteiger partial charge in [-0.1, -0.05) is 12.5 Å². The van der Waals surface area contributed by atoms with E-state index in [1.165, 1.54) is 7.11 Å². The topological polar surface area (TPSA) is 85.0 Å². The lowest BCUT2D eigenvalue weighted by atomic mass is 9.51. The first-order valence-electron chi connectivity index (χ1n) is 10.5. The third kappa shape index (κ3) is 2.08. The van der Waals surface area contributed by atoms with E-state index in [4.69, 9.17) is 15.2 Å². The van der Waals surface area contributed by atoms with Gasteiger partial charge in [-0.3, -0.25) is 4.79 Å². The second-order valence-electron chi connectivity index (χ2n) is 9.15. The van der Waals surface area contributed by atoms with Crippen molar-refractivity contribution in [3.05, 3.63) is 17.7 Å². The molecule has 1 saturated heterocycles. The van der Waals surface area contributed by atoms with Gasteiger partial charge in [0.15, 0.2) is 11.5 Å². The van der Waals surface area contributed by atoms with Crippen LogP contribution >= 0.6 is 0 Å². The summed E-state index contributed by atoms with van der Waals surface area (Å²) in [5.74, 6) is 1.57. The SMILES string of the molecule is COc1ccc2c(c1O)N(C(C)=O)C1C3COC(C)C4CCCC21C(N)CC43. The first-order chi connectivity index (χ1) is 13.4. The van der Waals surface area contributed by atoms with Crippen molar-refractivity contribution in [2.45, 2.75) is 63.1 Å². The Morgan fingerprint density at radius 2 is 2.14 bits per heavy atom. The van der Waals surface area contributed by atoms with Crippen LogP contribution in [0.1, 0.15) is 45.1 Å². The number of nitrogens with zero attached hydrogens (tertiary/aromatic N) is 1. The minimum Gasteiger partial charge on any atom is -0.503 e. The van der Waals surface area contributed by atoms with Crippen molar-refractivity contribution in [2.24, 2.45) is 23.5 Å². The average molecular weight is 386 g/mol. The zero-order valence-corrected chi connectivity index (χ0v) is 16.9. The molecule has 6 rings (SSSR count). The quantitative estimate of drug-likeness (QED) is 0.775. The molecule has 4 fully saturated rings. The number of rotatable bonds is 1.